The molecule has 0 amide bonds. The Hall–Kier alpha value is -0.990. The van der Waals surface area contributed by atoms with Crippen LogP contribution >= 0.6 is 23.2 Å². The summed E-state index contributed by atoms with van der Waals surface area (Å²) < 4.78 is 2.13. The van der Waals surface area contributed by atoms with Crippen molar-refractivity contribution < 1.29 is 0 Å². The number of benzene rings is 1. The van der Waals surface area contributed by atoms with Gasteiger partial charge in [-0.1, -0.05) is 74.7 Å². The second-order valence-corrected chi connectivity index (χ2v) is 7.02. The zero-order valence-corrected chi connectivity index (χ0v) is 15.4. The van der Waals surface area contributed by atoms with Gasteiger partial charge >= 0.3 is 0 Å². The van der Waals surface area contributed by atoms with Crippen molar-refractivity contribution in [3.8, 4) is 0 Å². The number of imidazole rings is 1. The van der Waals surface area contributed by atoms with Crippen LogP contribution < -0.4 is 0 Å². The van der Waals surface area contributed by atoms with E-state index >= 15 is 0 Å². The molecule has 0 spiro atoms. The van der Waals surface area contributed by atoms with Crippen LogP contribution in [0.1, 0.15) is 63.4 Å². The summed E-state index contributed by atoms with van der Waals surface area (Å²) in [7, 11) is 0. The first-order valence-corrected chi connectivity index (χ1v) is 9.37. The Morgan fingerprint density at radius 3 is 2.57 bits per heavy atom. The minimum Gasteiger partial charge on any atom is -0.337 e. The fourth-order valence-electron chi connectivity index (χ4n) is 3.00. The zero-order valence-electron chi connectivity index (χ0n) is 13.8. The van der Waals surface area contributed by atoms with Crippen molar-refractivity contribution in [1.29, 1.82) is 0 Å². The fourth-order valence-corrected chi connectivity index (χ4v) is 3.56. The van der Waals surface area contributed by atoms with Gasteiger partial charge in [-0.05, 0) is 24.1 Å². The van der Waals surface area contributed by atoms with Crippen LogP contribution in [-0.4, -0.2) is 9.55 Å². The molecular weight excluding hydrogens is 327 g/mol. The van der Waals surface area contributed by atoms with Crippen LogP contribution in [0.5, 0.6) is 0 Å². The van der Waals surface area contributed by atoms with E-state index in [1.807, 2.05) is 30.9 Å². The van der Waals surface area contributed by atoms with Crippen molar-refractivity contribution >= 4 is 23.2 Å². The number of hydrogen-bond acceptors (Lipinski definition) is 1. The molecule has 1 aromatic carbocycles. The highest BCUT2D eigenvalue weighted by atomic mass is 35.5. The number of unbranched alkanes of at least 4 members (excludes halogenated alkanes) is 5. The molecule has 0 bridgehead atoms. The maximum atomic E-state index is 6.44. The van der Waals surface area contributed by atoms with E-state index < -0.39 is 0 Å². The zero-order chi connectivity index (χ0) is 16.5. The summed E-state index contributed by atoms with van der Waals surface area (Å²) in [5, 5.41) is 1.47. The highest BCUT2D eigenvalue weighted by Crippen LogP contribution is 2.32. The average molecular weight is 353 g/mol. The van der Waals surface area contributed by atoms with Crippen molar-refractivity contribution in [2.45, 2.75) is 64.3 Å². The minimum atomic E-state index is 0.403. The Morgan fingerprint density at radius 2 is 1.87 bits per heavy atom. The molecule has 0 saturated heterocycles. The van der Waals surface area contributed by atoms with Crippen LogP contribution in [0.15, 0.2) is 36.9 Å². The van der Waals surface area contributed by atoms with Gasteiger partial charge in [0.15, 0.2) is 0 Å². The van der Waals surface area contributed by atoms with Crippen LogP contribution in [0.2, 0.25) is 10.0 Å². The Balaban J connectivity index is 1.97. The SMILES string of the molecule is CCCCCCCCC(Cn1ccnc1)c1ccc(Cl)cc1Cl. The predicted molar refractivity (Wildman–Crippen MR) is 99.4 cm³/mol. The van der Waals surface area contributed by atoms with Crippen molar-refractivity contribution in [3.63, 3.8) is 0 Å². The third kappa shape index (κ3) is 6.19. The van der Waals surface area contributed by atoms with E-state index in [-0.39, 0.29) is 0 Å². The second kappa shape index (κ2) is 10.00. The molecule has 1 atom stereocenters. The van der Waals surface area contributed by atoms with Crippen molar-refractivity contribution in [2.75, 3.05) is 0 Å². The second-order valence-electron chi connectivity index (χ2n) is 6.18. The largest absolute Gasteiger partial charge is 0.337 e. The molecule has 0 saturated carbocycles. The molecule has 0 aliphatic rings. The maximum Gasteiger partial charge on any atom is 0.0946 e. The quantitative estimate of drug-likeness (QED) is 0.433. The number of aromatic nitrogens is 2. The Morgan fingerprint density at radius 1 is 1.09 bits per heavy atom. The fraction of sp³-hybridized carbons (Fsp3) is 0.526. The molecule has 126 valence electrons. The van der Waals surface area contributed by atoms with Gasteiger partial charge in [-0.15, -0.1) is 0 Å². The minimum absolute atomic E-state index is 0.403. The van der Waals surface area contributed by atoms with Crippen molar-refractivity contribution in [3.05, 3.63) is 52.5 Å². The van der Waals surface area contributed by atoms with Crippen molar-refractivity contribution in [2.24, 2.45) is 0 Å². The molecule has 2 rings (SSSR count). The molecule has 0 fully saturated rings. The lowest BCUT2D eigenvalue weighted by molar-refractivity contribution is 0.486. The van der Waals surface area contributed by atoms with Crippen molar-refractivity contribution in [1.82, 2.24) is 9.55 Å². The summed E-state index contributed by atoms with van der Waals surface area (Å²) in [6.45, 7) is 3.17. The number of rotatable bonds is 10. The Bertz CT molecular complexity index is 567. The lowest BCUT2D eigenvalue weighted by Crippen LogP contribution is -2.09. The molecule has 2 nitrogen and oxygen atoms in total. The normalized spacial score (nSPS) is 12.5. The molecule has 4 heteroatoms. The predicted octanol–water partition coefficient (Wildman–Crippen LogP) is 6.72. The van der Waals surface area contributed by atoms with E-state index in [9.17, 15) is 0 Å². The molecule has 23 heavy (non-hydrogen) atoms. The standard InChI is InChI=1S/C19H26Cl2N2/c1-2-3-4-5-6-7-8-16(14-23-12-11-22-15-23)18-10-9-17(20)13-19(18)21/h9-13,15-16H,2-8,14H2,1H3. The van der Waals surface area contributed by atoms with Gasteiger partial charge in [-0.2, -0.15) is 0 Å². The monoisotopic (exact) mass is 352 g/mol. The molecule has 1 aromatic heterocycles. The van der Waals surface area contributed by atoms with E-state index in [1.165, 1.54) is 44.1 Å². The van der Waals surface area contributed by atoms with E-state index in [0.717, 1.165) is 18.0 Å². The van der Waals surface area contributed by atoms with Crippen LogP contribution in [0.25, 0.3) is 0 Å². The summed E-state index contributed by atoms with van der Waals surface area (Å²) in [6, 6.07) is 5.86. The number of hydrogen-bond donors (Lipinski definition) is 0. The Labute approximate surface area is 149 Å². The first-order valence-electron chi connectivity index (χ1n) is 8.61. The van der Waals surface area contributed by atoms with E-state index in [4.69, 9.17) is 23.2 Å². The third-order valence-electron chi connectivity index (χ3n) is 4.30. The summed E-state index contributed by atoms with van der Waals surface area (Å²) in [6.07, 6.45) is 14.7. The molecule has 0 aliphatic carbocycles. The Kier molecular flexibility index (Phi) is 7.98. The van der Waals surface area contributed by atoms with Gasteiger partial charge in [0.1, 0.15) is 0 Å². The van der Waals surface area contributed by atoms with Gasteiger partial charge in [-0.25, -0.2) is 4.98 Å². The highest BCUT2D eigenvalue weighted by Gasteiger charge is 2.15. The number of nitrogens with zero attached hydrogens (tertiary/aromatic N) is 2. The van der Waals surface area contributed by atoms with E-state index in [0.29, 0.717) is 10.9 Å². The summed E-state index contributed by atoms with van der Waals surface area (Å²) >= 11 is 12.5. The summed E-state index contributed by atoms with van der Waals surface area (Å²) in [4.78, 5) is 4.14. The molecule has 0 aliphatic heterocycles. The summed E-state index contributed by atoms with van der Waals surface area (Å²) in [5.74, 6) is 0.403. The lowest BCUT2D eigenvalue weighted by atomic mass is 9.92. The van der Waals surface area contributed by atoms with Crippen LogP contribution in [-0.2, 0) is 6.54 Å². The van der Waals surface area contributed by atoms with Gasteiger partial charge in [-0.3, -0.25) is 0 Å². The lowest BCUT2D eigenvalue weighted by Gasteiger charge is -2.19. The van der Waals surface area contributed by atoms with Gasteiger partial charge in [0, 0.05) is 34.9 Å². The molecule has 1 heterocycles. The van der Waals surface area contributed by atoms with Crippen LogP contribution in [0.3, 0.4) is 0 Å². The first-order chi connectivity index (χ1) is 11.2. The molecular formula is C19H26Cl2N2. The van der Waals surface area contributed by atoms with Gasteiger partial charge in [0.2, 0.25) is 0 Å². The first kappa shape index (κ1) is 18.4. The highest BCUT2D eigenvalue weighted by molar-refractivity contribution is 6.35. The van der Waals surface area contributed by atoms with Gasteiger partial charge in [0.25, 0.3) is 0 Å². The molecule has 2 aromatic rings. The van der Waals surface area contributed by atoms with E-state index in [1.54, 1.807) is 0 Å². The van der Waals surface area contributed by atoms with E-state index in [2.05, 4.69) is 22.5 Å². The topological polar surface area (TPSA) is 17.8 Å². The van der Waals surface area contributed by atoms with Gasteiger partial charge < -0.3 is 4.57 Å². The maximum absolute atomic E-state index is 6.44. The van der Waals surface area contributed by atoms with Crippen LogP contribution in [0, 0.1) is 0 Å². The summed E-state index contributed by atoms with van der Waals surface area (Å²) in [5.41, 5.74) is 1.19. The molecule has 1 unspecified atom stereocenters. The van der Waals surface area contributed by atoms with Gasteiger partial charge in [0.05, 0.1) is 6.33 Å². The third-order valence-corrected chi connectivity index (χ3v) is 4.86. The molecule has 0 N–H and O–H groups in total. The molecule has 0 radical (unpaired) electrons. The average Bonchev–Trinajstić information content (AvgIpc) is 3.03. The van der Waals surface area contributed by atoms with Crippen LogP contribution in [0.4, 0.5) is 0 Å². The number of halogens is 2. The smallest absolute Gasteiger partial charge is 0.0946 e.